The number of allylic oxidation sites excluding steroid dienone is 1. The number of aromatic nitrogens is 5. The van der Waals surface area contributed by atoms with E-state index in [1.54, 1.807) is 35.4 Å². The number of amides is 1. The number of likely N-dealkylation sites (N-methyl/N-ethyl adjacent to an activating group) is 1. The lowest BCUT2D eigenvalue weighted by molar-refractivity contribution is 0.102. The van der Waals surface area contributed by atoms with Gasteiger partial charge < -0.3 is 15.5 Å². The van der Waals surface area contributed by atoms with Crippen molar-refractivity contribution in [2.45, 2.75) is 6.92 Å². The first-order chi connectivity index (χ1) is 17.8. The molecule has 186 valence electrons. The molecule has 0 saturated heterocycles. The standard InChI is InChI=1S/C27H27N9O/c1-18-5-6-23(12-26(18)36-16-25(33-34-36)22-14-29-17-30-15-22)32-27(37)21-9-20(19(2)13-28)10-24(11-21)31-7-8-35(3)4/h5-6,9-12,14-17,31H,2,7-8H2,1,3-4H3,(H,32,37). The molecule has 0 atom stereocenters. The van der Waals surface area contributed by atoms with E-state index in [4.69, 9.17) is 0 Å². The quantitative estimate of drug-likeness (QED) is 0.338. The molecule has 0 radical (unpaired) electrons. The van der Waals surface area contributed by atoms with Gasteiger partial charge in [-0.1, -0.05) is 17.9 Å². The summed E-state index contributed by atoms with van der Waals surface area (Å²) in [5, 5.41) is 24.1. The summed E-state index contributed by atoms with van der Waals surface area (Å²) < 4.78 is 1.65. The van der Waals surface area contributed by atoms with E-state index in [-0.39, 0.29) is 11.5 Å². The predicted octanol–water partition coefficient (Wildman–Crippen LogP) is 3.80. The number of anilines is 2. The molecule has 4 aromatic rings. The van der Waals surface area contributed by atoms with Crippen LogP contribution in [-0.4, -0.2) is 63.0 Å². The molecule has 0 bridgehead atoms. The molecule has 1 amide bonds. The maximum absolute atomic E-state index is 13.2. The summed E-state index contributed by atoms with van der Waals surface area (Å²) >= 11 is 0. The summed E-state index contributed by atoms with van der Waals surface area (Å²) in [6, 6.07) is 12.9. The Balaban J connectivity index is 1.58. The second-order valence-corrected chi connectivity index (χ2v) is 8.75. The number of hydrogen-bond donors (Lipinski definition) is 2. The van der Waals surface area contributed by atoms with Crippen molar-refractivity contribution in [1.29, 1.82) is 5.26 Å². The lowest BCUT2D eigenvalue weighted by Gasteiger charge is -2.14. The number of nitrogens with zero attached hydrogens (tertiary/aromatic N) is 7. The van der Waals surface area contributed by atoms with Gasteiger partial charge in [-0.2, -0.15) is 5.26 Å². The molecule has 0 fully saturated rings. The van der Waals surface area contributed by atoms with Crippen molar-refractivity contribution < 1.29 is 4.79 Å². The Bertz CT molecular complexity index is 1470. The van der Waals surface area contributed by atoms with E-state index < -0.39 is 0 Å². The maximum Gasteiger partial charge on any atom is 0.255 e. The van der Waals surface area contributed by atoms with Crippen molar-refractivity contribution in [3.63, 3.8) is 0 Å². The highest BCUT2D eigenvalue weighted by atomic mass is 16.1. The van der Waals surface area contributed by atoms with Crippen LogP contribution in [0.15, 0.2) is 67.9 Å². The molecule has 4 rings (SSSR count). The van der Waals surface area contributed by atoms with Crippen LogP contribution >= 0.6 is 0 Å². The number of carbonyl (C=O) groups is 1. The molecule has 0 unspecified atom stereocenters. The molecule has 0 aliphatic carbocycles. The molecular weight excluding hydrogens is 466 g/mol. The normalized spacial score (nSPS) is 10.7. The summed E-state index contributed by atoms with van der Waals surface area (Å²) in [6.07, 6.45) is 6.58. The van der Waals surface area contributed by atoms with E-state index in [1.165, 1.54) is 6.33 Å². The fraction of sp³-hybridized carbons (Fsp3) is 0.185. The van der Waals surface area contributed by atoms with Crippen molar-refractivity contribution >= 4 is 22.9 Å². The average Bonchev–Trinajstić information content (AvgIpc) is 3.39. The highest BCUT2D eigenvalue weighted by Crippen LogP contribution is 2.24. The molecule has 0 aliphatic heterocycles. The van der Waals surface area contributed by atoms with Crippen molar-refractivity contribution in [1.82, 2.24) is 29.9 Å². The molecule has 2 aromatic carbocycles. The van der Waals surface area contributed by atoms with Gasteiger partial charge in [0.15, 0.2) is 0 Å². The van der Waals surface area contributed by atoms with Crippen molar-refractivity contribution in [3.8, 4) is 23.0 Å². The largest absolute Gasteiger partial charge is 0.384 e. The van der Waals surface area contributed by atoms with Gasteiger partial charge in [-0.25, -0.2) is 14.6 Å². The summed E-state index contributed by atoms with van der Waals surface area (Å²) in [4.78, 5) is 23.3. The number of benzene rings is 2. The molecule has 2 aromatic heterocycles. The number of aryl methyl sites for hydroxylation is 1. The first-order valence-electron chi connectivity index (χ1n) is 11.6. The van der Waals surface area contributed by atoms with E-state index in [2.05, 4.69) is 48.5 Å². The molecule has 0 saturated carbocycles. The zero-order chi connectivity index (χ0) is 26.4. The van der Waals surface area contributed by atoms with Crippen LogP contribution < -0.4 is 10.6 Å². The van der Waals surface area contributed by atoms with Gasteiger partial charge in [-0.15, -0.1) is 5.10 Å². The fourth-order valence-electron chi connectivity index (χ4n) is 3.61. The molecule has 37 heavy (non-hydrogen) atoms. The SMILES string of the molecule is C=C(C#N)c1cc(NCCN(C)C)cc(C(=O)Nc2ccc(C)c(-n3cc(-c4cncnc4)nn3)c2)c1. The molecule has 2 heterocycles. The van der Waals surface area contributed by atoms with Crippen LogP contribution in [0.5, 0.6) is 0 Å². The number of rotatable bonds is 9. The minimum absolute atomic E-state index is 0.286. The second-order valence-electron chi connectivity index (χ2n) is 8.75. The van der Waals surface area contributed by atoms with Crippen LogP contribution in [0.4, 0.5) is 11.4 Å². The Morgan fingerprint density at radius 3 is 2.59 bits per heavy atom. The van der Waals surface area contributed by atoms with E-state index >= 15 is 0 Å². The monoisotopic (exact) mass is 493 g/mol. The van der Waals surface area contributed by atoms with Gasteiger partial charge in [0, 0.05) is 48.0 Å². The van der Waals surface area contributed by atoms with Gasteiger partial charge in [0.1, 0.15) is 12.0 Å². The van der Waals surface area contributed by atoms with Gasteiger partial charge in [0.05, 0.1) is 23.5 Å². The van der Waals surface area contributed by atoms with Crippen molar-refractivity contribution in [3.05, 3.63) is 84.6 Å². The highest BCUT2D eigenvalue weighted by Gasteiger charge is 2.13. The summed E-state index contributed by atoms with van der Waals surface area (Å²) in [5.41, 5.74) is 5.74. The summed E-state index contributed by atoms with van der Waals surface area (Å²) in [5.74, 6) is -0.307. The Morgan fingerprint density at radius 2 is 1.86 bits per heavy atom. The number of nitriles is 1. The third kappa shape index (κ3) is 6.22. The van der Waals surface area contributed by atoms with Crippen LogP contribution in [0.3, 0.4) is 0 Å². The Kier molecular flexibility index (Phi) is 7.66. The van der Waals surface area contributed by atoms with Crippen molar-refractivity contribution in [2.24, 2.45) is 0 Å². The zero-order valence-electron chi connectivity index (χ0n) is 20.9. The number of carbonyl (C=O) groups excluding carboxylic acids is 1. The van der Waals surface area contributed by atoms with E-state index in [9.17, 15) is 10.1 Å². The first kappa shape index (κ1) is 25.2. The Hall–Kier alpha value is -4.88. The molecular formula is C27H27N9O. The first-order valence-corrected chi connectivity index (χ1v) is 11.6. The molecule has 0 spiro atoms. The molecule has 10 heteroatoms. The smallest absolute Gasteiger partial charge is 0.255 e. The van der Waals surface area contributed by atoms with E-state index in [0.29, 0.717) is 29.1 Å². The highest BCUT2D eigenvalue weighted by molar-refractivity contribution is 6.05. The minimum Gasteiger partial charge on any atom is -0.384 e. The maximum atomic E-state index is 13.2. The van der Waals surface area contributed by atoms with Gasteiger partial charge in [0.25, 0.3) is 5.91 Å². The number of nitrogens with one attached hydrogen (secondary N) is 2. The van der Waals surface area contributed by atoms with E-state index in [0.717, 1.165) is 29.0 Å². The van der Waals surface area contributed by atoms with Crippen LogP contribution in [0, 0.1) is 18.3 Å². The van der Waals surface area contributed by atoms with Crippen LogP contribution in [0.2, 0.25) is 0 Å². The van der Waals surface area contributed by atoms with Crippen molar-refractivity contribution in [2.75, 3.05) is 37.8 Å². The zero-order valence-corrected chi connectivity index (χ0v) is 20.9. The van der Waals surface area contributed by atoms with Crippen LogP contribution in [0.25, 0.3) is 22.5 Å². The lowest BCUT2D eigenvalue weighted by atomic mass is 10.0. The summed E-state index contributed by atoms with van der Waals surface area (Å²) in [7, 11) is 3.97. The average molecular weight is 494 g/mol. The fourth-order valence-corrected chi connectivity index (χ4v) is 3.61. The van der Waals surface area contributed by atoms with Gasteiger partial charge in [-0.3, -0.25) is 4.79 Å². The molecule has 2 N–H and O–H groups in total. The van der Waals surface area contributed by atoms with Crippen LogP contribution in [-0.2, 0) is 0 Å². The van der Waals surface area contributed by atoms with Gasteiger partial charge in [-0.05, 0) is 62.5 Å². The summed E-state index contributed by atoms with van der Waals surface area (Å²) in [6.45, 7) is 7.26. The molecule has 10 nitrogen and oxygen atoms in total. The predicted molar refractivity (Wildman–Crippen MR) is 143 cm³/mol. The second kappa shape index (κ2) is 11.2. The Morgan fingerprint density at radius 1 is 1.11 bits per heavy atom. The number of hydrogen-bond acceptors (Lipinski definition) is 8. The van der Waals surface area contributed by atoms with Gasteiger partial charge >= 0.3 is 0 Å². The van der Waals surface area contributed by atoms with Gasteiger partial charge in [0.2, 0.25) is 0 Å². The third-order valence-corrected chi connectivity index (χ3v) is 5.63. The topological polar surface area (TPSA) is 125 Å². The minimum atomic E-state index is -0.307. The van der Waals surface area contributed by atoms with E-state index in [1.807, 2.05) is 45.3 Å². The van der Waals surface area contributed by atoms with Crippen LogP contribution in [0.1, 0.15) is 21.5 Å². The lowest BCUT2D eigenvalue weighted by Crippen LogP contribution is -2.21. The molecule has 0 aliphatic rings. The Labute approximate surface area is 215 Å². The third-order valence-electron chi connectivity index (χ3n) is 5.63.